The Kier molecular flexibility index (Phi) is 5.64. The molecule has 0 aromatic heterocycles. The third kappa shape index (κ3) is 3.77. The van der Waals surface area contributed by atoms with Crippen LogP contribution in [0.1, 0.15) is 36.4 Å². The molecule has 2 aromatic rings. The van der Waals surface area contributed by atoms with Gasteiger partial charge >= 0.3 is 0 Å². The van der Waals surface area contributed by atoms with E-state index in [0.29, 0.717) is 6.54 Å². The summed E-state index contributed by atoms with van der Waals surface area (Å²) in [5, 5.41) is 6.82. The number of hydrogen-bond acceptors (Lipinski definition) is 4. The number of ether oxygens (including phenoxy) is 1. The molecule has 1 aliphatic heterocycles. The predicted molar refractivity (Wildman–Crippen MR) is 110 cm³/mol. The van der Waals surface area contributed by atoms with Gasteiger partial charge in [0.25, 0.3) is 0 Å². The second-order valence-electron chi connectivity index (χ2n) is 7.78. The maximum atomic E-state index is 13.0. The quantitative estimate of drug-likeness (QED) is 0.810. The number of carbonyl (C=O) groups excluding carboxylic acids is 1. The molecule has 5 heteroatoms. The molecule has 2 aliphatic rings. The number of carbonyl (C=O) groups is 1. The van der Waals surface area contributed by atoms with Crippen LogP contribution in [-0.4, -0.2) is 44.1 Å². The SMILES string of the molecule is COc1ccccc1C1CNCCN1CC(=O)NC1(c2ccccc2)CCC1. The molecule has 1 heterocycles. The first-order valence-electron chi connectivity index (χ1n) is 10.2. The number of amides is 1. The molecule has 1 unspecified atom stereocenters. The Morgan fingerprint density at radius 2 is 1.93 bits per heavy atom. The molecule has 1 aliphatic carbocycles. The first-order valence-corrected chi connectivity index (χ1v) is 10.2. The van der Waals surface area contributed by atoms with Crippen LogP contribution in [0.25, 0.3) is 0 Å². The van der Waals surface area contributed by atoms with Gasteiger partial charge in [-0.25, -0.2) is 0 Å². The minimum atomic E-state index is -0.188. The molecule has 148 valence electrons. The lowest BCUT2D eigenvalue weighted by Crippen LogP contribution is -2.55. The van der Waals surface area contributed by atoms with Gasteiger partial charge in [0.05, 0.1) is 25.2 Å². The Labute approximate surface area is 167 Å². The van der Waals surface area contributed by atoms with E-state index >= 15 is 0 Å². The van der Waals surface area contributed by atoms with E-state index in [4.69, 9.17) is 4.74 Å². The van der Waals surface area contributed by atoms with Crippen molar-refractivity contribution in [2.75, 3.05) is 33.3 Å². The van der Waals surface area contributed by atoms with E-state index in [1.54, 1.807) is 7.11 Å². The monoisotopic (exact) mass is 379 g/mol. The van der Waals surface area contributed by atoms with E-state index in [-0.39, 0.29) is 17.5 Å². The average molecular weight is 380 g/mol. The van der Waals surface area contributed by atoms with Crippen LogP contribution in [-0.2, 0) is 10.3 Å². The van der Waals surface area contributed by atoms with Crippen LogP contribution in [0.3, 0.4) is 0 Å². The van der Waals surface area contributed by atoms with Gasteiger partial charge in [-0.1, -0.05) is 48.5 Å². The van der Waals surface area contributed by atoms with Gasteiger partial charge in [0.15, 0.2) is 0 Å². The lowest BCUT2D eigenvalue weighted by Gasteiger charge is -2.44. The van der Waals surface area contributed by atoms with Gasteiger partial charge in [-0.2, -0.15) is 0 Å². The molecule has 1 saturated heterocycles. The summed E-state index contributed by atoms with van der Waals surface area (Å²) in [5.41, 5.74) is 2.16. The molecule has 0 radical (unpaired) electrons. The van der Waals surface area contributed by atoms with E-state index in [1.165, 1.54) is 5.56 Å². The van der Waals surface area contributed by atoms with E-state index in [0.717, 1.165) is 50.2 Å². The zero-order chi connectivity index (χ0) is 19.4. The van der Waals surface area contributed by atoms with E-state index in [1.807, 2.05) is 24.3 Å². The van der Waals surface area contributed by atoms with Crippen LogP contribution in [0.5, 0.6) is 5.75 Å². The first-order chi connectivity index (χ1) is 13.7. The van der Waals surface area contributed by atoms with Crippen molar-refractivity contribution in [1.29, 1.82) is 0 Å². The van der Waals surface area contributed by atoms with Crippen molar-refractivity contribution in [3.63, 3.8) is 0 Å². The standard InChI is InChI=1S/C23H29N3O2/c1-28-21-11-6-5-10-19(21)20-16-24-14-15-26(20)17-22(27)25-23(12-7-13-23)18-8-3-2-4-9-18/h2-6,8-11,20,24H,7,12-17H2,1H3,(H,25,27). The van der Waals surface area contributed by atoms with Gasteiger partial charge in [-0.15, -0.1) is 0 Å². The summed E-state index contributed by atoms with van der Waals surface area (Å²) >= 11 is 0. The Bertz CT molecular complexity index is 805. The fraction of sp³-hybridized carbons (Fsp3) is 0.435. The summed E-state index contributed by atoms with van der Waals surface area (Å²) in [6.45, 7) is 2.95. The fourth-order valence-corrected chi connectivity index (χ4v) is 4.45. The number of piperazine rings is 1. The number of nitrogens with zero attached hydrogens (tertiary/aromatic N) is 1. The highest BCUT2D eigenvalue weighted by Crippen LogP contribution is 2.41. The van der Waals surface area contributed by atoms with Crippen LogP contribution in [0.15, 0.2) is 54.6 Å². The smallest absolute Gasteiger partial charge is 0.234 e. The molecule has 1 saturated carbocycles. The molecule has 0 spiro atoms. The highest BCUT2D eigenvalue weighted by Gasteiger charge is 2.40. The highest BCUT2D eigenvalue weighted by atomic mass is 16.5. The summed E-state index contributed by atoms with van der Waals surface area (Å²) in [4.78, 5) is 15.3. The predicted octanol–water partition coefficient (Wildman–Crippen LogP) is 2.84. The van der Waals surface area contributed by atoms with Gasteiger partial charge < -0.3 is 15.4 Å². The van der Waals surface area contributed by atoms with Crippen LogP contribution in [0.2, 0.25) is 0 Å². The zero-order valence-corrected chi connectivity index (χ0v) is 16.5. The number of para-hydroxylation sites is 1. The summed E-state index contributed by atoms with van der Waals surface area (Å²) in [7, 11) is 1.70. The van der Waals surface area contributed by atoms with Crippen LogP contribution >= 0.6 is 0 Å². The number of rotatable bonds is 6. The molecule has 1 atom stereocenters. The largest absolute Gasteiger partial charge is 0.496 e. The fourth-order valence-electron chi connectivity index (χ4n) is 4.45. The van der Waals surface area contributed by atoms with Crippen LogP contribution in [0.4, 0.5) is 0 Å². The Morgan fingerprint density at radius 3 is 2.64 bits per heavy atom. The summed E-state index contributed by atoms with van der Waals surface area (Å²) < 4.78 is 5.56. The highest BCUT2D eigenvalue weighted by molar-refractivity contribution is 5.79. The number of nitrogens with one attached hydrogen (secondary N) is 2. The molecule has 2 fully saturated rings. The van der Waals surface area contributed by atoms with Crippen molar-refractivity contribution in [1.82, 2.24) is 15.5 Å². The Balaban J connectivity index is 1.48. The van der Waals surface area contributed by atoms with Crippen molar-refractivity contribution in [3.8, 4) is 5.75 Å². The first kappa shape index (κ1) is 19.0. The van der Waals surface area contributed by atoms with Gasteiger partial charge in [-0.3, -0.25) is 9.69 Å². The topological polar surface area (TPSA) is 53.6 Å². The Hall–Kier alpha value is -2.37. The molecule has 0 bridgehead atoms. The van der Waals surface area contributed by atoms with Crippen LogP contribution < -0.4 is 15.4 Å². The van der Waals surface area contributed by atoms with Crippen LogP contribution in [0, 0.1) is 0 Å². The zero-order valence-electron chi connectivity index (χ0n) is 16.5. The van der Waals surface area contributed by atoms with E-state index < -0.39 is 0 Å². The normalized spacial score (nSPS) is 21.5. The second-order valence-corrected chi connectivity index (χ2v) is 7.78. The lowest BCUT2D eigenvalue weighted by atomic mass is 9.72. The number of hydrogen-bond donors (Lipinski definition) is 2. The number of methoxy groups -OCH3 is 1. The molecule has 2 aromatic carbocycles. The van der Waals surface area contributed by atoms with E-state index in [9.17, 15) is 4.79 Å². The van der Waals surface area contributed by atoms with Crippen molar-refractivity contribution in [2.45, 2.75) is 30.8 Å². The minimum absolute atomic E-state index is 0.102. The van der Waals surface area contributed by atoms with Gasteiger partial charge in [0.2, 0.25) is 5.91 Å². The summed E-state index contributed by atoms with van der Waals surface area (Å²) in [5.74, 6) is 0.978. The third-order valence-electron chi connectivity index (χ3n) is 6.11. The Morgan fingerprint density at radius 1 is 1.18 bits per heavy atom. The average Bonchev–Trinajstić information content (AvgIpc) is 2.72. The lowest BCUT2D eigenvalue weighted by molar-refractivity contribution is -0.126. The van der Waals surface area contributed by atoms with Crippen molar-refractivity contribution < 1.29 is 9.53 Å². The maximum Gasteiger partial charge on any atom is 0.234 e. The second kappa shape index (κ2) is 8.33. The minimum Gasteiger partial charge on any atom is -0.496 e. The number of benzene rings is 2. The molecular weight excluding hydrogens is 350 g/mol. The van der Waals surface area contributed by atoms with Gasteiger partial charge in [0.1, 0.15) is 5.75 Å². The third-order valence-corrected chi connectivity index (χ3v) is 6.11. The molecule has 2 N–H and O–H groups in total. The van der Waals surface area contributed by atoms with Crippen molar-refractivity contribution in [3.05, 3.63) is 65.7 Å². The maximum absolute atomic E-state index is 13.0. The molecule has 28 heavy (non-hydrogen) atoms. The summed E-state index contributed by atoms with van der Waals surface area (Å²) in [6, 6.07) is 18.6. The molecular formula is C23H29N3O2. The summed E-state index contributed by atoms with van der Waals surface area (Å²) in [6.07, 6.45) is 3.19. The molecule has 1 amide bonds. The van der Waals surface area contributed by atoms with Crippen molar-refractivity contribution in [2.24, 2.45) is 0 Å². The van der Waals surface area contributed by atoms with Gasteiger partial charge in [-0.05, 0) is 30.9 Å². The molecule has 4 rings (SSSR count). The van der Waals surface area contributed by atoms with Gasteiger partial charge in [0, 0.05) is 25.2 Å². The molecule has 5 nitrogen and oxygen atoms in total. The van der Waals surface area contributed by atoms with E-state index in [2.05, 4.69) is 45.9 Å². The van der Waals surface area contributed by atoms with Crippen molar-refractivity contribution >= 4 is 5.91 Å².